The number of carbonyl (C=O) groups excluding carboxylic acids is 5. The number of aliphatic hydroxyl groups excluding tert-OH is 1. The second-order valence-corrected chi connectivity index (χ2v) is 22.6. The first-order chi connectivity index (χ1) is 36.6. The largest absolute Gasteiger partial charge is 0.496 e. The zero-order chi connectivity index (χ0) is 53.9. The number of nitrogens with zero attached hydrogens (tertiary/aromatic N) is 4. The topological polar surface area (TPSA) is 206 Å². The van der Waals surface area contributed by atoms with Crippen LogP contribution in [0, 0.1) is 19.3 Å². The molecule has 0 radical (unpaired) electrons. The van der Waals surface area contributed by atoms with Gasteiger partial charge in [0.25, 0.3) is 5.91 Å². The van der Waals surface area contributed by atoms with E-state index in [1.165, 1.54) is 10.5 Å². The minimum absolute atomic E-state index is 0.00937. The number of unbranched alkanes of at least 4 members (excludes halogenated alkanes) is 5. The number of imidazole rings is 1. The number of amides is 5. The van der Waals surface area contributed by atoms with Crippen LogP contribution in [-0.4, -0.2) is 99.1 Å². The molecule has 0 saturated carbocycles. The summed E-state index contributed by atoms with van der Waals surface area (Å²) in [5, 5.41) is 22.8. The van der Waals surface area contributed by atoms with Gasteiger partial charge in [-0.1, -0.05) is 82.9 Å². The quantitative estimate of drug-likeness (QED) is 0.0373. The Morgan fingerprint density at radius 1 is 0.868 bits per heavy atom. The number of benzene rings is 3. The van der Waals surface area contributed by atoms with Crippen LogP contribution in [0.25, 0.3) is 21.7 Å². The number of hydrogen-bond acceptors (Lipinski definition) is 11. The Balaban J connectivity index is 0.693. The zero-order valence-corrected chi connectivity index (χ0v) is 45.9. The van der Waals surface area contributed by atoms with Crippen molar-refractivity contribution in [3.05, 3.63) is 106 Å². The number of rotatable bonds is 24. The average Bonchev–Trinajstić information content (AvgIpc) is 4.26. The van der Waals surface area contributed by atoms with Gasteiger partial charge in [0.05, 0.1) is 47.6 Å². The van der Waals surface area contributed by atoms with Crippen LogP contribution in [0.4, 0.5) is 0 Å². The lowest BCUT2D eigenvalue weighted by Crippen LogP contribution is -2.57. The van der Waals surface area contributed by atoms with Gasteiger partial charge in [0.15, 0.2) is 0 Å². The van der Waals surface area contributed by atoms with Gasteiger partial charge in [-0.2, -0.15) is 0 Å². The molecule has 3 aromatic carbocycles. The Hall–Kier alpha value is -6.59. The first-order valence-corrected chi connectivity index (χ1v) is 28.1. The number of thiazole rings is 1. The molecule has 76 heavy (non-hydrogen) atoms. The van der Waals surface area contributed by atoms with Crippen LogP contribution in [0.1, 0.15) is 148 Å². The first-order valence-electron chi connectivity index (χ1n) is 27.2. The van der Waals surface area contributed by atoms with E-state index in [9.17, 15) is 29.1 Å². The summed E-state index contributed by atoms with van der Waals surface area (Å²) in [4.78, 5) is 78.8. The minimum atomic E-state index is -0.877. The monoisotopic (exact) mass is 1060 g/mol. The van der Waals surface area contributed by atoms with Crippen molar-refractivity contribution < 1.29 is 38.6 Å². The smallest absolute Gasteiger partial charge is 0.252 e. The maximum absolute atomic E-state index is 14.0. The molecule has 2 aromatic heterocycles. The van der Waals surface area contributed by atoms with Gasteiger partial charge in [0.2, 0.25) is 23.6 Å². The Kier molecular flexibility index (Phi) is 18.7. The van der Waals surface area contributed by atoms with Crippen LogP contribution in [0.3, 0.4) is 0 Å². The number of hydrogen-bond donors (Lipinski definition) is 5. The number of β-amino-alcohol motifs (C(OH)–C–C–N with tert-alkyl or cyclic N) is 1. The Morgan fingerprint density at radius 2 is 1.59 bits per heavy atom. The molecule has 5 aromatic rings. The predicted octanol–water partition coefficient (Wildman–Crippen LogP) is 8.48. The summed E-state index contributed by atoms with van der Waals surface area (Å²) in [6, 6.07) is 16.1. The lowest BCUT2D eigenvalue weighted by Gasteiger charge is -2.35. The molecule has 2 aliphatic heterocycles. The first kappa shape index (κ1) is 55.6. The number of aryl methyl sites for hydroxylation is 4. The van der Waals surface area contributed by atoms with Crippen molar-refractivity contribution in [1.82, 2.24) is 40.7 Å². The number of aliphatic hydroxyl groups is 1. The molecule has 0 unspecified atom stereocenters. The molecular formula is C59H76N8O8S. The van der Waals surface area contributed by atoms with Crippen molar-refractivity contribution in [3.63, 3.8) is 0 Å². The SMILES string of the molecule is COc1cc(C(=O)N[C@@H]2CCc3ccc(-c4cn5c(n4)CCC5)cc32)cc(OCCCNC(=O)CCCCCCCCC(=O)N[C@H](C(=O)N2C[C@H](O)C[C@H]2C(=O)NCc2ccc(-c3scnc3C)cc2)C(C)(C)C)c1C. The number of methoxy groups -OCH3 is 1. The summed E-state index contributed by atoms with van der Waals surface area (Å²) in [6.07, 6.45) is 11.6. The molecule has 17 heteroatoms. The molecule has 0 spiro atoms. The number of aromatic nitrogens is 3. The molecule has 1 fully saturated rings. The summed E-state index contributed by atoms with van der Waals surface area (Å²) in [7, 11) is 1.58. The average molecular weight is 1060 g/mol. The van der Waals surface area contributed by atoms with Gasteiger partial charge in [-0.15, -0.1) is 11.3 Å². The van der Waals surface area contributed by atoms with Crippen LogP contribution in [0.15, 0.2) is 66.3 Å². The Morgan fingerprint density at radius 3 is 2.30 bits per heavy atom. The third-order valence-electron chi connectivity index (χ3n) is 14.9. The number of nitrogens with one attached hydrogen (secondary N) is 4. The van der Waals surface area contributed by atoms with Gasteiger partial charge in [0.1, 0.15) is 29.4 Å². The van der Waals surface area contributed by atoms with Gasteiger partial charge in [-0.3, -0.25) is 24.0 Å². The maximum Gasteiger partial charge on any atom is 0.252 e. The fourth-order valence-corrected chi connectivity index (χ4v) is 11.4. The van der Waals surface area contributed by atoms with Crippen molar-refractivity contribution in [3.8, 4) is 33.2 Å². The Labute approximate surface area is 451 Å². The van der Waals surface area contributed by atoms with E-state index in [0.29, 0.717) is 49.5 Å². The van der Waals surface area contributed by atoms with Crippen molar-refractivity contribution in [1.29, 1.82) is 0 Å². The normalized spacial score (nSPS) is 17.2. The van der Waals surface area contributed by atoms with Crippen molar-refractivity contribution >= 4 is 40.9 Å². The van der Waals surface area contributed by atoms with Gasteiger partial charge < -0.3 is 45.3 Å². The molecule has 1 aliphatic carbocycles. The standard InChI is InChI=1S/C59H76N8O8S/c1-37-49(74-6)30-43(56(71)64-46-25-24-40-22-23-42(29-45(40)46)47-35-66-27-13-15-51(66)63-47)31-50(37)75-28-14-26-60-52(69)16-11-9-7-8-10-12-17-53(70)65-55(59(3,4)5)58(73)67-34-44(68)32-48(67)57(72)61-33-39-18-20-41(21-19-39)54-38(2)62-36-76-54/h18-23,29-31,35-36,44,46,48,55,68H,7-17,24-28,32-34H2,1-6H3,(H,60,69)(H,61,72)(H,64,71)(H,65,70)/t44-,46-,48+,55-/m1/s1. The van der Waals surface area contributed by atoms with E-state index in [2.05, 4.69) is 55.2 Å². The zero-order valence-electron chi connectivity index (χ0n) is 45.1. The van der Waals surface area contributed by atoms with E-state index < -0.39 is 23.6 Å². The van der Waals surface area contributed by atoms with Gasteiger partial charge in [0, 0.05) is 74.7 Å². The molecular weight excluding hydrogens is 981 g/mol. The lowest BCUT2D eigenvalue weighted by atomic mass is 9.85. The van der Waals surface area contributed by atoms with Crippen molar-refractivity contribution in [2.75, 3.05) is 26.8 Å². The van der Waals surface area contributed by atoms with E-state index in [4.69, 9.17) is 14.5 Å². The molecule has 3 aliphatic rings. The summed E-state index contributed by atoms with van der Waals surface area (Å²) >= 11 is 1.58. The van der Waals surface area contributed by atoms with E-state index in [0.717, 1.165) is 114 Å². The van der Waals surface area contributed by atoms with E-state index in [1.807, 2.05) is 64.4 Å². The summed E-state index contributed by atoms with van der Waals surface area (Å²) < 4.78 is 14.0. The van der Waals surface area contributed by atoms with Crippen molar-refractivity contribution in [2.24, 2.45) is 5.41 Å². The molecule has 5 N–H and O–H groups in total. The predicted molar refractivity (Wildman–Crippen MR) is 294 cm³/mol. The van der Waals surface area contributed by atoms with E-state index >= 15 is 0 Å². The summed E-state index contributed by atoms with van der Waals surface area (Å²) in [6.45, 7) is 11.6. The fourth-order valence-electron chi connectivity index (χ4n) is 10.6. The molecule has 5 amide bonds. The number of carbonyl (C=O) groups is 5. The molecule has 8 rings (SSSR count). The molecule has 4 atom stereocenters. The highest BCUT2D eigenvalue weighted by molar-refractivity contribution is 7.13. The molecule has 4 heterocycles. The van der Waals surface area contributed by atoms with Crippen LogP contribution in [0.5, 0.6) is 11.5 Å². The third kappa shape index (κ3) is 14.1. The highest BCUT2D eigenvalue weighted by atomic mass is 32.1. The highest BCUT2D eigenvalue weighted by Crippen LogP contribution is 2.37. The van der Waals surface area contributed by atoms with Gasteiger partial charge >= 0.3 is 0 Å². The second-order valence-electron chi connectivity index (χ2n) is 21.7. The third-order valence-corrected chi connectivity index (χ3v) is 15.9. The number of fused-ring (bicyclic) bond motifs is 2. The minimum Gasteiger partial charge on any atom is -0.496 e. The van der Waals surface area contributed by atoms with Crippen molar-refractivity contribution in [2.45, 2.75) is 162 Å². The van der Waals surface area contributed by atoms with Crippen LogP contribution >= 0.6 is 11.3 Å². The summed E-state index contributed by atoms with van der Waals surface area (Å²) in [5.41, 5.74) is 9.78. The Bertz CT molecular complexity index is 2830. The molecule has 16 nitrogen and oxygen atoms in total. The van der Waals surface area contributed by atoms with E-state index in [1.54, 1.807) is 30.6 Å². The highest BCUT2D eigenvalue weighted by Gasteiger charge is 2.44. The molecule has 406 valence electrons. The number of likely N-dealkylation sites (tertiary alicyclic amines) is 1. The van der Waals surface area contributed by atoms with Gasteiger partial charge in [-0.05, 0) is 98.2 Å². The number of ether oxygens (including phenoxy) is 2. The van der Waals surface area contributed by atoms with Crippen LogP contribution in [0.2, 0.25) is 0 Å². The van der Waals surface area contributed by atoms with E-state index in [-0.39, 0.29) is 61.5 Å². The van der Waals surface area contributed by atoms with Crippen LogP contribution < -0.4 is 30.7 Å². The molecule has 1 saturated heterocycles. The summed E-state index contributed by atoms with van der Waals surface area (Å²) in [5.74, 6) is 1.11. The molecule has 0 bridgehead atoms. The fraction of sp³-hybridized carbons (Fsp3) is 0.508. The van der Waals surface area contributed by atoms with Crippen LogP contribution in [-0.2, 0) is 45.1 Å². The maximum atomic E-state index is 14.0. The van der Waals surface area contributed by atoms with Gasteiger partial charge in [-0.25, -0.2) is 9.97 Å². The lowest BCUT2D eigenvalue weighted by molar-refractivity contribution is -0.144. The second kappa shape index (κ2) is 25.5.